The Balaban J connectivity index is 1.71. The highest BCUT2D eigenvalue weighted by Crippen LogP contribution is 2.67. The molecule has 6 heteroatoms. The molecule has 0 saturated heterocycles. The van der Waals surface area contributed by atoms with Gasteiger partial charge in [0.05, 0.1) is 18.1 Å². The average molecular weight is 372 g/mol. The van der Waals surface area contributed by atoms with Gasteiger partial charge in [0.2, 0.25) is 0 Å². The number of carbonyl (C=O) groups is 1. The molecule has 3 aliphatic carbocycles. The maximum absolute atomic E-state index is 12.1. The Kier molecular flexibility index (Phi) is 3.47. The third kappa shape index (κ3) is 1.95. The Bertz CT molecular complexity index is 858. The number of aliphatic hydroxyl groups is 2. The van der Waals surface area contributed by atoms with Crippen molar-refractivity contribution in [3.63, 3.8) is 0 Å². The van der Waals surface area contributed by atoms with Crippen molar-refractivity contribution in [2.45, 2.75) is 62.3 Å². The molecule has 2 N–H and O–H groups in total. The average Bonchev–Trinajstić information content (AvgIpc) is 2.98. The van der Waals surface area contributed by atoms with Gasteiger partial charge in [-0.1, -0.05) is 12.5 Å². The number of aliphatic hydroxyl groups excluding tert-OH is 1. The standard InChI is InChI=1S/C21H24O6/c1-11(22)19(23)26-15-7-9-21(24)13-4-3-8-20(21)16-12(10-13)5-6-14(25-2)17(16)27-18(15)20/h5-7,11,13,18,22,24H,3-4,8-10H2,1-2H3/t11-,13-,18+,20+,21-/m0/s1. The Labute approximate surface area is 157 Å². The summed E-state index contributed by atoms with van der Waals surface area (Å²) in [7, 11) is 1.60. The lowest BCUT2D eigenvalue weighted by Gasteiger charge is -2.59. The molecule has 0 unspecified atom stereocenters. The summed E-state index contributed by atoms with van der Waals surface area (Å²) in [5.74, 6) is 1.11. The van der Waals surface area contributed by atoms with Crippen molar-refractivity contribution in [3.8, 4) is 11.5 Å². The first-order valence-electron chi connectivity index (χ1n) is 9.61. The number of ether oxygens (including phenoxy) is 3. The van der Waals surface area contributed by atoms with E-state index in [9.17, 15) is 15.0 Å². The molecular weight excluding hydrogens is 348 g/mol. The molecule has 0 aromatic heterocycles. The van der Waals surface area contributed by atoms with E-state index in [0.29, 0.717) is 23.7 Å². The van der Waals surface area contributed by atoms with Gasteiger partial charge in [-0.2, -0.15) is 0 Å². The van der Waals surface area contributed by atoms with E-state index in [4.69, 9.17) is 14.2 Å². The van der Waals surface area contributed by atoms with Gasteiger partial charge in [-0.15, -0.1) is 0 Å². The third-order valence-electron chi connectivity index (χ3n) is 7.03. The van der Waals surface area contributed by atoms with Crippen molar-refractivity contribution in [3.05, 3.63) is 35.1 Å². The fourth-order valence-electron chi connectivity index (χ4n) is 5.88. The minimum Gasteiger partial charge on any atom is -0.493 e. The van der Waals surface area contributed by atoms with Crippen molar-refractivity contribution in [2.24, 2.45) is 5.92 Å². The van der Waals surface area contributed by atoms with Crippen molar-refractivity contribution in [1.29, 1.82) is 0 Å². The largest absolute Gasteiger partial charge is 0.493 e. The smallest absolute Gasteiger partial charge is 0.339 e. The van der Waals surface area contributed by atoms with Crippen molar-refractivity contribution in [1.82, 2.24) is 0 Å². The second-order valence-corrected chi connectivity index (χ2v) is 8.23. The number of rotatable bonds is 3. The molecule has 6 nitrogen and oxygen atoms in total. The summed E-state index contributed by atoms with van der Waals surface area (Å²) in [6.45, 7) is 1.38. The molecule has 1 heterocycles. The Hall–Kier alpha value is -2.05. The second-order valence-electron chi connectivity index (χ2n) is 8.23. The van der Waals surface area contributed by atoms with Crippen LogP contribution in [-0.2, 0) is 21.4 Å². The van der Waals surface area contributed by atoms with Gasteiger partial charge < -0.3 is 24.4 Å². The van der Waals surface area contributed by atoms with Gasteiger partial charge in [0.25, 0.3) is 0 Å². The molecule has 1 aromatic carbocycles. The SMILES string of the molecule is COc1ccc2c3c1O[C@@H]1C(OC(=O)[C@H](C)O)=CC[C@]4(O)[C@@H](CCC[C@@]314)C2. The van der Waals surface area contributed by atoms with E-state index in [1.165, 1.54) is 12.5 Å². The summed E-state index contributed by atoms with van der Waals surface area (Å²) in [5, 5.41) is 21.4. The number of hydrogen-bond acceptors (Lipinski definition) is 6. The van der Waals surface area contributed by atoms with Gasteiger partial charge >= 0.3 is 5.97 Å². The van der Waals surface area contributed by atoms with E-state index in [0.717, 1.165) is 31.2 Å². The summed E-state index contributed by atoms with van der Waals surface area (Å²) in [4.78, 5) is 12.1. The van der Waals surface area contributed by atoms with Crippen molar-refractivity contribution >= 4 is 5.97 Å². The zero-order chi connectivity index (χ0) is 19.0. The topological polar surface area (TPSA) is 85.2 Å². The molecule has 0 amide bonds. The minimum absolute atomic E-state index is 0.148. The fourth-order valence-corrected chi connectivity index (χ4v) is 5.88. The summed E-state index contributed by atoms with van der Waals surface area (Å²) >= 11 is 0. The molecular formula is C21H24O6. The Morgan fingerprint density at radius 2 is 2.22 bits per heavy atom. The molecule has 4 aliphatic rings. The molecule has 5 rings (SSSR count). The number of hydrogen-bond donors (Lipinski definition) is 2. The predicted octanol–water partition coefficient (Wildman–Crippen LogP) is 1.99. The van der Waals surface area contributed by atoms with Crippen LogP contribution in [0.2, 0.25) is 0 Å². The maximum atomic E-state index is 12.1. The monoisotopic (exact) mass is 372 g/mol. The lowest BCUT2D eigenvalue weighted by Crippen LogP contribution is -2.67. The third-order valence-corrected chi connectivity index (χ3v) is 7.03. The van der Waals surface area contributed by atoms with Crippen LogP contribution in [0.3, 0.4) is 0 Å². The quantitative estimate of drug-likeness (QED) is 0.790. The molecule has 1 fully saturated rings. The van der Waals surface area contributed by atoms with Crippen LogP contribution < -0.4 is 9.47 Å². The maximum Gasteiger partial charge on any atom is 0.339 e. The van der Waals surface area contributed by atoms with Crippen LogP contribution in [0.15, 0.2) is 24.0 Å². The molecule has 144 valence electrons. The fraction of sp³-hybridized carbons (Fsp3) is 0.571. The summed E-state index contributed by atoms with van der Waals surface area (Å²) < 4.78 is 17.4. The van der Waals surface area contributed by atoms with E-state index in [1.807, 2.05) is 6.07 Å². The van der Waals surface area contributed by atoms with Crippen molar-refractivity contribution in [2.75, 3.05) is 7.11 Å². The number of esters is 1. The van der Waals surface area contributed by atoms with Crippen LogP contribution in [0, 0.1) is 5.92 Å². The van der Waals surface area contributed by atoms with Gasteiger partial charge in [0, 0.05) is 5.56 Å². The molecule has 1 aromatic rings. The number of methoxy groups -OCH3 is 1. The molecule has 1 saturated carbocycles. The first kappa shape index (κ1) is 17.1. The van der Waals surface area contributed by atoms with E-state index in [1.54, 1.807) is 13.2 Å². The van der Waals surface area contributed by atoms with Gasteiger partial charge in [-0.25, -0.2) is 4.79 Å². The van der Waals surface area contributed by atoms with Gasteiger partial charge in [-0.05, 0) is 56.2 Å². The summed E-state index contributed by atoms with van der Waals surface area (Å²) in [6, 6.07) is 3.98. The highest BCUT2D eigenvalue weighted by Gasteiger charge is 2.70. The number of benzene rings is 1. The lowest BCUT2D eigenvalue weighted by atomic mass is 9.47. The predicted molar refractivity (Wildman–Crippen MR) is 95.6 cm³/mol. The van der Waals surface area contributed by atoms with Crippen LogP contribution in [-0.4, -0.2) is 41.1 Å². The molecule has 27 heavy (non-hydrogen) atoms. The van der Waals surface area contributed by atoms with Crippen LogP contribution >= 0.6 is 0 Å². The number of carbonyl (C=O) groups excluding carboxylic acids is 1. The highest BCUT2D eigenvalue weighted by molar-refractivity contribution is 5.75. The minimum atomic E-state index is -1.22. The van der Waals surface area contributed by atoms with E-state index in [2.05, 4.69) is 6.07 Å². The molecule has 2 bridgehead atoms. The molecule has 5 atom stereocenters. The van der Waals surface area contributed by atoms with Gasteiger partial charge in [-0.3, -0.25) is 0 Å². The van der Waals surface area contributed by atoms with Crippen LogP contribution in [0.4, 0.5) is 0 Å². The Morgan fingerprint density at radius 3 is 2.96 bits per heavy atom. The summed E-state index contributed by atoms with van der Waals surface area (Å²) in [5.41, 5.74) is 0.632. The Morgan fingerprint density at radius 1 is 1.41 bits per heavy atom. The molecule has 0 radical (unpaired) electrons. The zero-order valence-corrected chi connectivity index (χ0v) is 15.5. The lowest BCUT2D eigenvalue weighted by molar-refractivity contribution is -0.164. The van der Waals surface area contributed by atoms with Gasteiger partial charge in [0.1, 0.15) is 11.9 Å². The summed E-state index contributed by atoms with van der Waals surface area (Å²) in [6.07, 6.45) is 3.92. The van der Waals surface area contributed by atoms with E-state index < -0.39 is 29.2 Å². The van der Waals surface area contributed by atoms with Crippen molar-refractivity contribution < 1.29 is 29.2 Å². The highest BCUT2D eigenvalue weighted by atomic mass is 16.6. The zero-order valence-electron chi connectivity index (χ0n) is 15.5. The first-order valence-corrected chi connectivity index (χ1v) is 9.61. The second kappa shape index (κ2) is 5.49. The normalized spacial score (nSPS) is 36.2. The van der Waals surface area contributed by atoms with E-state index in [-0.39, 0.29) is 5.92 Å². The van der Waals surface area contributed by atoms with E-state index >= 15 is 0 Å². The first-order chi connectivity index (χ1) is 12.9. The molecule has 1 spiro atoms. The molecule has 1 aliphatic heterocycles. The van der Waals surface area contributed by atoms with Crippen LogP contribution in [0.5, 0.6) is 11.5 Å². The van der Waals surface area contributed by atoms with Crippen LogP contribution in [0.1, 0.15) is 43.7 Å². The van der Waals surface area contributed by atoms with Gasteiger partial charge in [0.15, 0.2) is 17.6 Å². The van der Waals surface area contributed by atoms with Crippen LogP contribution in [0.25, 0.3) is 0 Å².